The van der Waals surface area contributed by atoms with Crippen LogP contribution in [0, 0.1) is 0 Å². The fourth-order valence-corrected chi connectivity index (χ4v) is 1.14. The minimum atomic E-state index is 0.506. The van der Waals surface area contributed by atoms with Crippen LogP contribution in [0.2, 0.25) is 4.34 Å². The second-order valence-electron chi connectivity index (χ2n) is 1.33. The van der Waals surface area contributed by atoms with E-state index < -0.39 is 0 Å². The molecule has 1 heterocycles. The number of aliphatic imine (C=N–C) groups is 1. The van der Waals surface area contributed by atoms with Crippen molar-refractivity contribution in [3.05, 3.63) is 10.5 Å². The molecule has 0 amide bonds. The predicted molar refractivity (Wildman–Crippen MR) is 40.2 cm³/mol. The highest BCUT2D eigenvalue weighted by Gasteiger charge is 1.93. The van der Waals surface area contributed by atoms with Gasteiger partial charge in [-0.05, 0) is 0 Å². The summed E-state index contributed by atoms with van der Waals surface area (Å²) in [4.78, 5) is 7.47. The minimum Gasteiger partial charge on any atom is -0.290 e. The molecule has 0 unspecified atom stereocenters. The van der Waals surface area contributed by atoms with Crippen molar-refractivity contribution in [3.63, 3.8) is 0 Å². The van der Waals surface area contributed by atoms with Crippen molar-refractivity contribution in [1.29, 1.82) is 0 Å². The third kappa shape index (κ3) is 1.94. The van der Waals surface area contributed by atoms with Crippen LogP contribution in [0.1, 0.15) is 0 Å². The maximum absolute atomic E-state index is 8.08. The predicted octanol–water partition coefficient (Wildman–Crippen LogP) is 1.44. The van der Waals surface area contributed by atoms with E-state index in [-0.39, 0.29) is 0 Å². The van der Waals surface area contributed by atoms with E-state index in [0.29, 0.717) is 9.47 Å². The lowest BCUT2D eigenvalue weighted by Crippen LogP contribution is -2.00. The minimum absolute atomic E-state index is 0.506. The van der Waals surface area contributed by atoms with E-state index in [9.17, 15) is 0 Å². The number of halogens is 1. The third-order valence-electron chi connectivity index (χ3n) is 0.698. The molecule has 0 radical (unpaired) electrons. The second kappa shape index (κ2) is 3.50. The van der Waals surface area contributed by atoms with Crippen LogP contribution in [0.3, 0.4) is 0 Å². The van der Waals surface area contributed by atoms with Crippen LogP contribution in [0.15, 0.2) is 11.2 Å². The van der Waals surface area contributed by atoms with Gasteiger partial charge in [0.2, 0.25) is 5.13 Å². The van der Waals surface area contributed by atoms with E-state index >= 15 is 0 Å². The average Bonchev–Trinajstić information content (AvgIpc) is 2.31. The molecule has 0 fully saturated rings. The number of aromatic nitrogens is 1. The standard InChI is InChI=1S/C4H4ClN3OS/c5-3-1-6-4(10-3)7-2-8-9/h1-2,9H,(H,6,7,8). The van der Waals surface area contributed by atoms with Gasteiger partial charge in [0.25, 0.3) is 0 Å². The Bertz CT molecular complexity index is 236. The fourth-order valence-electron chi connectivity index (χ4n) is 0.390. The van der Waals surface area contributed by atoms with Crippen molar-refractivity contribution in [3.8, 4) is 0 Å². The monoisotopic (exact) mass is 177 g/mol. The molecule has 4 nitrogen and oxygen atoms in total. The van der Waals surface area contributed by atoms with Gasteiger partial charge in [-0.2, -0.15) is 0 Å². The van der Waals surface area contributed by atoms with Gasteiger partial charge < -0.3 is 0 Å². The summed E-state index contributed by atoms with van der Waals surface area (Å²) in [5.74, 6) is 0. The van der Waals surface area contributed by atoms with Crippen LogP contribution in [0.4, 0.5) is 5.13 Å². The number of nitrogens with one attached hydrogen (secondary N) is 1. The molecule has 1 aromatic rings. The molecule has 0 aliphatic carbocycles. The fraction of sp³-hybridized carbons (Fsp3) is 0. The molecular formula is C4H4ClN3OS. The third-order valence-corrected chi connectivity index (χ3v) is 1.72. The Morgan fingerprint density at radius 1 is 1.90 bits per heavy atom. The maximum Gasteiger partial charge on any atom is 0.211 e. The molecule has 0 saturated carbocycles. The molecule has 0 aromatic carbocycles. The SMILES string of the molecule is ON/C=N/c1ncc(Cl)s1. The lowest BCUT2D eigenvalue weighted by molar-refractivity contribution is 0.240. The van der Waals surface area contributed by atoms with Gasteiger partial charge in [0.1, 0.15) is 10.7 Å². The van der Waals surface area contributed by atoms with E-state index in [1.54, 1.807) is 5.48 Å². The number of hydrogen-bond acceptors (Lipinski definition) is 4. The summed E-state index contributed by atoms with van der Waals surface area (Å²) in [7, 11) is 0. The number of thiazole rings is 1. The zero-order valence-corrected chi connectivity index (χ0v) is 6.35. The highest BCUT2D eigenvalue weighted by Crippen LogP contribution is 2.24. The van der Waals surface area contributed by atoms with Crippen LogP contribution in [0.5, 0.6) is 0 Å². The van der Waals surface area contributed by atoms with E-state index in [2.05, 4.69) is 9.98 Å². The van der Waals surface area contributed by atoms with Crippen molar-refractivity contribution in [2.24, 2.45) is 4.99 Å². The van der Waals surface area contributed by atoms with Crippen molar-refractivity contribution in [1.82, 2.24) is 10.5 Å². The lowest BCUT2D eigenvalue weighted by atomic mass is 11.0. The first-order valence-corrected chi connectivity index (χ1v) is 3.56. The van der Waals surface area contributed by atoms with Gasteiger partial charge >= 0.3 is 0 Å². The van der Waals surface area contributed by atoms with E-state index in [1.807, 2.05) is 0 Å². The van der Waals surface area contributed by atoms with E-state index in [0.717, 1.165) is 6.34 Å². The topological polar surface area (TPSA) is 57.5 Å². The Morgan fingerprint density at radius 2 is 2.70 bits per heavy atom. The number of rotatable bonds is 2. The molecule has 0 bridgehead atoms. The smallest absolute Gasteiger partial charge is 0.211 e. The zero-order chi connectivity index (χ0) is 7.40. The first-order chi connectivity index (χ1) is 4.83. The molecule has 1 rings (SSSR count). The Kier molecular flexibility index (Phi) is 2.61. The summed E-state index contributed by atoms with van der Waals surface area (Å²) in [6.45, 7) is 0. The van der Waals surface area contributed by atoms with Gasteiger partial charge in [0.15, 0.2) is 0 Å². The quantitative estimate of drug-likeness (QED) is 0.408. The Hall–Kier alpha value is -0.650. The first-order valence-electron chi connectivity index (χ1n) is 2.36. The van der Waals surface area contributed by atoms with Gasteiger partial charge in [-0.15, -0.1) is 0 Å². The van der Waals surface area contributed by atoms with Gasteiger partial charge in [-0.3, -0.25) is 10.7 Å². The highest BCUT2D eigenvalue weighted by atomic mass is 35.5. The molecule has 0 aliphatic rings. The Morgan fingerprint density at radius 3 is 3.20 bits per heavy atom. The van der Waals surface area contributed by atoms with Gasteiger partial charge in [0.05, 0.1) is 6.20 Å². The largest absolute Gasteiger partial charge is 0.290 e. The Labute approximate surface area is 66.2 Å². The van der Waals surface area contributed by atoms with Gasteiger partial charge in [0, 0.05) is 0 Å². The van der Waals surface area contributed by atoms with Gasteiger partial charge in [-0.1, -0.05) is 22.9 Å². The van der Waals surface area contributed by atoms with Crippen LogP contribution in [-0.2, 0) is 0 Å². The van der Waals surface area contributed by atoms with Crippen LogP contribution >= 0.6 is 22.9 Å². The Balaban J connectivity index is 2.67. The lowest BCUT2D eigenvalue weighted by Gasteiger charge is -1.80. The summed E-state index contributed by atoms with van der Waals surface area (Å²) in [5.41, 5.74) is 1.76. The molecule has 2 N–H and O–H groups in total. The highest BCUT2D eigenvalue weighted by molar-refractivity contribution is 7.19. The van der Waals surface area contributed by atoms with Crippen molar-refractivity contribution in [2.45, 2.75) is 0 Å². The molecule has 0 saturated heterocycles. The zero-order valence-electron chi connectivity index (χ0n) is 4.78. The summed E-state index contributed by atoms with van der Waals surface area (Å²) >= 11 is 6.77. The summed E-state index contributed by atoms with van der Waals surface area (Å²) in [6, 6.07) is 0. The average molecular weight is 178 g/mol. The molecule has 0 atom stereocenters. The normalized spacial score (nSPS) is 10.6. The first kappa shape index (κ1) is 7.46. The van der Waals surface area contributed by atoms with Gasteiger partial charge in [-0.25, -0.2) is 9.98 Å². The molecule has 6 heteroatoms. The van der Waals surface area contributed by atoms with Crippen molar-refractivity contribution >= 4 is 34.4 Å². The molecule has 0 spiro atoms. The summed E-state index contributed by atoms with van der Waals surface area (Å²) < 4.78 is 0.574. The maximum atomic E-state index is 8.08. The molecule has 10 heavy (non-hydrogen) atoms. The molecule has 0 aliphatic heterocycles. The van der Waals surface area contributed by atoms with Crippen LogP contribution in [0.25, 0.3) is 0 Å². The van der Waals surface area contributed by atoms with E-state index in [4.69, 9.17) is 16.8 Å². The van der Waals surface area contributed by atoms with E-state index in [1.165, 1.54) is 17.5 Å². The van der Waals surface area contributed by atoms with Crippen LogP contribution < -0.4 is 5.48 Å². The van der Waals surface area contributed by atoms with Crippen molar-refractivity contribution in [2.75, 3.05) is 0 Å². The molecular weight excluding hydrogens is 174 g/mol. The summed E-state index contributed by atoms with van der Waals surface area (Å²) in [6.07, 6.45) is 2.62. The van der Waals surface area contributed by atoms with Crippen LogP contribution in [-0.4, -0.2) is 16.5 Å². The second-order valence-corrected chi connectivity index (χ2v) is 2.97. The molecule has 1 aromatic heterocycles. The molecule has 54 valence electrons. The van der Waals surface area contributed by atoms with Crippen molar-refractivity contribution < 1.29 is 5.21 Å². The summed E-state index contributed by atoms with van der Waals surface area (Å²) in [5, 5.41) is 8.58. The number of nitrogens with zero attached hydrogens (tertiary/aromatic N) is 2. The number of hydrogen-bond donors (Lipinski definition) is 2. The number of hydroxylamine groups is 1.